The lowest BCUT2D eigenvalue weighted by Crippen LogP contribution is -2.51. The van der Waals surface area contributed by atoms with Crippen LogP contribution in [0.15, 0.2) is 53.4 Å². The van der Waals surface area contributed by atoms with Gasteiger partial charge in [-0.3, -0.25) is 0 Å². The fraction of sp³-hybridized carbons (Fsp3) is 0.350. The number of hydrogen-bond donors (Lipinski definition) is 1. The quantitative estimate of drug-likeness (QED) is 0.794. The monoisotopic (exact) mass is 403 g/mol. The lowest BCUT2D eigenvalue weighted by molar-refractivity contribution is 0.268. The van der Waals surface area contributed by atoms with E-state index in [1.807, 2.05) is 36.1 Å². The molecular weight excluding hydrogens is 378 g/mol. The van der Waals surface area contributed by atoms with E-state index in [0.717, 1.165) is 17.7 Å². The standard InChI is InChI=1S/C20H25N3O2S2/c1-3-17-6-8-18(9-7-17)21-20(26)22-12-14-23(15-13-22)27(24,25)19-10-4-16(2)5-11-19/h4-11H,3,12-15H2,1-2H3,(H,21,26). The number of nitrogens with zero attached hydrogens (tertiary/aromatic N) is 2. The second-order valence-corrected chi connectivity index (χ2v) is 9.01. The molecule has 1 N–H and O–H groups in total. The Morgan fingerprint density at radius 3 is 2.15 bits per heavy atom. The van der Waals surface area contributed by atoms with Gasteiger partial charge in [0, 0.05) is 31.9 Å². The molecule has 27 heavy (non-hydrogen) atoms. The summed E-state index contributed by atoms with van der Waals surface area (Å²) in [6.45, 7) is 6.06. The van der Waals surface area contributed by atoms with Crippen LogP contribution in [0.1, 0.15) is 18.1 Å². The van der Waals surface area contributed by atoms with Crippen LogP contribution in [-0.2, 0) is 16.4 Å². The van der Waals surface area contributed by atoms with Gasteiger partial charge in [-0.05, 0) is 55.4 Å². The van der Waals surface area contributed by atoms with Crippen molar-refractivity contribution in [1.29, 1.82) is 0 Å². The number of piperazine rings is 1. The van der Waals surface area contributed by atoms with Crippen LogP contribution < -0.4 is 5.32 Å². The Morgan fingerprint density at radius 1 is 1.00 bits per heavy atom. The van der Waals surface area contributed by atoms with E-state index in [1.54, 1.807) is 12.1 Å². The molecule has 0 aliphatic carbocycles. The molecule has 0 radical (unpaired) electrons. The zero-order valence-corrected chi connectivity index (χ0v) is 17.3. The van der Waals surface area contributed by atoms with E-state index in [1.165, 1.54) is 9.87 Å². The molecule has 0 bridgehead atoms. The Kier molecular flexibility index (Phi) is 6.14. The van der Waals surface area contributed by atoms with Crippen LogP contribution in [0.4, 0.5) is 5.69 Å². The van der Waals surface area contributed by atoms with E-state index in [-0.39, 0.29) is 0 Å². The number of aryl methyl sites for hydroxylation is 2. The normalized spacial score (nSPS) is 15.6. The number of benzene rings is 2. The van der Waals surface area contributed by atoms with Crippen molar-refractivity contribution in [3.05, 3.63) is 59.7 Å². The van der Waals surface area contributed by atoms with E-state index in [9.17, 15) is 8.42 Å². The first kappa shape index (κ1) is 19.8. The van der Waals surface area contributed by atoms with Gasteiger partial charge in [-0.1, -0.05) is 36.8 Å². The molecule has 1 saturated heterocycles. The second kappa shape index (κ2) is 8.37. The number of thiocarbonyl (C=S) groups is 1. The molecule has 2 aromatic carbocycles. The highest BCUT2D eigenvalue weighted by molar-refractivity contribution is 7.89. The molecule has 2 aromatic rings. The Bertz CT molecular complexity index is 886. The zero-order valence-electron chi connectivity index (χ0n) is 15.7. The smallest absolute Gasteiger partial charge is 0.243 e. The summed E-state index contributed by atoms with van der Waals surface area (Å²) in [5, 5.41) is 3.87. The van der Waals surface area contributed by atoms with Crippen LogP contribution >= 0.6 is 12.2 Å². The first-order valence-corrected chi connectivity index (χ1v) is 11.0. The molecule has 3 rings (SSSR count). The van der Waals surface area contributed by atoms with Crippen molar-refractivity contribution in [1.82, 2.24) is 9.21 Å². The van der Waals surface area contributed by atoms with Crippen molar-refractivity contribution < 1.29 is 8.42 Å². The van der Waals surface area contributed by atoms with Crippen molar-refractivity contribution in [2.75, 3.05) is 31.5 Å². The predicted molar refractivity (Wildman–Crippen MR) is 114 cm³/mol. The van der Waals surface area contributed by atoms with Crippen LogP contribution in [0.2, 0.25) is 0 Å². The summed E-state index contributed by atoms with van der Waals surface area (Å²) in [5.74, 6) is 0. The third-order valence-corrected chi connectivity index (χ3v) is 7.07. The Morgan fingerprint density at radius 2 is 1.59 bits per heavy atom. The summed E-state index contributed by atoms with van der Waals surface area (Å²) in [6, 6.07) is 15.2. The molecule has 0 aromatic heterocycles. The summed E-state index contributed by atoms with van der Waals surface area (Å²) in [5.41, 5.74) is 3.27. The van der Waals surface area contributed by atoms with Gasteiger partial charge < -0.3 is 10.2 Å². The van der Waals surface area contributed by atoms with Crippen molar-refractivity contribution in [3.63, 3.8) is 0 Å². The van der Waals surface area contributed by atoms with Gasteiger partial charge in [0.2, 0.25) is 10.0 Å². The van der Waals surface area contributed by atoms with Crippen LogP contribution in [0.25, 0.3) is 0 Å². The van der Waals surface area contributed by atoms with Gasteiger partial charge in [-0.2, -0.15) is 4.31 Å². The predicted octanol–water partition coefficient (Wildman–Crippen LogP) is 3.26. The summed E-state index contributed by atoms with van der Waals surface area (Å²) in [7, 11) is -3.45. The average Bonchev–Trinajstić information content (AvgIpc) is 2.69. The van der Waals surface area contributed by atoms with Gasteiger partial charge in [0.25, 0.3) is 0 Å². The molecule has 0 atom stereocenters. The minimum absolute atomic E-state index is 0.346. The lowest BCUT2D eigenvalue weighted by atomic mass is 10.1. The number of rotatable bonds is 4. The molecule has 0 saturated carbocycles. The highest BCUT2D eigenvalue weighted by Crippen LogP contribution is 2.19. The summed E-state index contributed by atoms with van der Waals surface area (Å²) in [4.78, 5) is 2.36. The molecule has 1 fully saturated rings. The van der Waals surface area contributed by atoms with Crippen LogP contribution in [0.5, 0.6) is 0 Å². The Hall–Kier alpha value is -1.96. The van der Waals surface area contributed by atoms with Gasteiger partial charge in [0.15, 0.2) is 5.11 Å². The third kappa shape index (κ3) is 4.66. The fourth-order valence-corrected chi connectivity index (χ4v) is 4.74. The maximum Gasteiger partial charge on any atom is 0.243 e. The van der Waals surface area contributed by atoms with Crippen molar-refractivity contribution >= 4 is 33.0 Å². The molecule has 1 aliphatic rings. The second-order valence-electron chi connectivity index (χ2n) is 6.68. The van der Waals surface area contributed by atoms with Crippen LogP contribution in [0, 0.1) is 6.92 Å². The molecule has 1 heterocycles. The summed E-state index contributed by atoms with van der Waals surface area (Å²) >= 11 is 5.50. The van der Waals surface area contributed by atoms with Crippen molar-refractivity contribution in [2.24, 2.45) is 0 Å². The van der Waals surface area contributed by atoms with E-state index in [4.69, 9.17) is 12.2 Å². The molecule has 1 aliphatic heterocycles. The Labute approximate surface area is 167 Å². The van der Waals surface area contributed by atoms with Crippen molar-refractivity contribution in [2.45, 2.75) is 25.2 Å². The van der Waals surface area contributed by atoms with Gasteiger partial charge in [0.1, 0.15) is 0 Å². The third-order valence-electron chi connectivity index (χ3n) is 4.80. The molecule has 144 valence electrons. The van der Waals surface area contributed by atoms with E-state index < -0.39 is 10.0 Å². The average molecular weight is 404 g/mol. The Balaban J connectivity index is 1.59. The van der Waals surface area contributed by atoms with Gasteiger partial charge in [-0.15, -0.1) is 0 Å². The highest BCUT2D eigenvalue weighted by atomic mass is 32.2. The number of hydrogen-bond acceptors (Lipinski definition) is 3. The summed E-state index contributed by atoms with van der Waals surface area (Å²) in [6.07, 6.45) is 1.00. The largest absolute Gasteiger partial charge is 0.346 e. The van der Waals surface area contributed by atoms with Gasteiger partial charge in [0.05, 0.1) is 4.90 Å². The molecular formula is C20H25N3O2S2. The van der Waals surface area contributed by atoms with Crippen LogP contribution in [-0.4, -0.2) is 48.9 Å². The van der Waals surface area contributed by atoms with E-state index >= 15 is 0 Å². The lowest BCUT2D eigenvalue weighted by Gasteiger charge is -2.35. The van der Waals surface area contributed by atoms with E-state index in [2.05, 4.69) is 24.4 Å². The first-order valence-electron chi connectivity index (χ1n) is 9.12. The molecule has 5 nitrogen and oxygen atoms in total. The maximum atomic E-state index is 12.8. The van der Waals surface area contributed by atoms with E-state index in [0.29, 0.717) is 36.2 Å². The topological polar surface area (TPSA) is 52.6 Å². The van der Waals surface area contributed by atoms with Gasteiger partial charge >= 0.3 is 0 Å². The number of nitrogens with one attached hydrogen (secondary N) is 1. The molecule has 0 spiro atoms. The molecule has 0 amide bonds. The minimum atomic E-state index is -3.45. The first-order chi connectivity index (χ1) is 12.9. The highest BCUT2D eigenvalue weighted by Gasteiger charge is 2.29. The minimum Gasteiger partial charge on any atom is -0.346 e. The number of anilines is 1. The fourth-order valence-electron chi connectivity index (χ4n) is 3.02. The van der Waals surface area contributed by atoms with Crippen molar-refractivity contribution in [3.8, 4) is 0 Å². The summed E-state index contributed by atoms with van der Waals surface area (Å²) < 4.78 is 27.1. The molecule has 0 unspecified atom stereocenters. The SMILES string of the molecule is CCc1ccc(NC(=S)N2CCN(S(=O)(=O)c3ccc(C)cc3)CC2)cc1. The van der Waals surface area contributed by atoms with Gasteiger partial charge in [-0.25, -0.2) is 8.42 Å². The maximum absolute atomic E-state index is 12.8. The molecule has 7 heteroatoms. The zero-order chi connectivity index (χ0) is 19.4. The van der Waals surface area contributed by atoms with Crippen LogP contribution in [0.3, 0.4) is 0 Å². The number of sulfonamides is 1.